The minimum atomic E-state index is -0.342. The molecule has 0 aliphatic carbocycles. The molecular formula is C31H41N5O2. The van der Waals surface area contributed by atoms with Crippen LogP contribution < -0.4 is 4.90 Å². The molecule has 2 aliphatic rings. The summed E-state index contributed by atoms with van der Waals surface area (Å²) < 4.78 is 5.44. The summed E-state index contributed by atoms with van der Waals surface area (Å²) in [4.78, 5) is 17.2. The molecular weight excluding hydrogens is 474 g/mol. The molecule has 3 heterocycles. The maximum absolute atomic E-state index is 10.7. The first-order valence-electron chi connectivity index (χ1n) is 13.9. The zero-order valence-electron chi connectivity index (χ0n) is 23.1. The smallest absolute Gasteiger partial charge is 0.161 e. The van der Waals surface area contributed by atoms with Crippen molar-refractivity contribution in [1.29, 1.82) is 0 Å². The van der Waals surface area contributed by atoms with Gasteiger partial charge >= 0.3 is 0 Å². The van der Waals surface area contributed by atoms with E-state index in [1.165, 1.54) is 22.3 Å². The van der Waals surface area contributed by atoms with Gasteiger partial charge in [0.2, 0.25) is 0 Å². The first-order chi connectivity index (χ1) is 18.5. The minimum Gasteiger partial charge on any atom is -0.390 e. The summed E-state index contributed by atoms with van der Waals surface area (Å²) in [6.45, 7) is 14.8. The normalized spacial score (nSPS) is 18.1. The van der Waals surface area contributed by atoms with Crippen molar-refractivity contribution >= 4 is 5.82 Å². The van der Waals surface area contributed by atoms with E-state index in [9.17, 15) is 5.11 Å². The molecule has 0 spiro atoms. The highest BCUT2D eigenvalue weighted by atomic mass is 16.5. The number of morpholine rings is 1. The molecule has 2 aliphatic heterocycles. The summed E-state index contributed by atoms with van der Waals surface area (Å²) in [5, 5.41) is 10.7. The Morgan fingerprint density at radius 2 is 1.53 bits per heavy atom. The third-order valence-corrected chi connectivity index (χ3v) is 7.81. The molecule has 0 amide bonds. The fourth-order valence-electron chi connectivity index (χ4n) is 5.53. The summed E-state index contributed by atoms with van der Waals surface area (Å²) in [6, 6.07) is 16.9. The van der Waals surface area contributed by atoms with Crippen LogP contribution in [-0.2, 0) is 11.2 Å². The number of β-amino-alcohol motifs (C(OH)–C–C–N with tert-alkyl or cyclic N) is 1. The van der Waals surface area contributed by atoms with E-state index in [0.29, 0.717) is 6.54 Å². The number of hydrogen-bond acceptors (Lipinski definition) is 7. The second-order valence-corrected chi connectivity index (χ2v) is 10.8. The van der Waals surface area contributed by atoms with Crippen molar-refractivity contribution in [2.24, 2.45) is 0 Å². The Bertz CT molecular complexity index is 1200. The largest absolute Gasteiger partial charge is 0.390 e. The van der Waals surface area contributed by atoms with Crippen molar-refractivity contribution in [1.82, 2.24) is 19.8 Å². The SMILES string of the molecule is Cc1ccc(C)c(Cc2c(C)nc(-c3ccccc3)nc2N2CCN(C[C@H](O)CN3CCOCC3)CC2)c1. The van der Waals surface area contributed by atoms with Gasteiger partial charge in [-0.3, -0.25) is 9.80 Å². The lowest BCUT2D eigenvalue weighted by Gasteiger charge is -2.38. The van der Waals surface area contributed by atoms with Crippen LogP contribution in [0.15, 0.2) is 48.5 Å². The molecule has 0 saturated carbocycles. The fourth-order valence-corrected chi connectivity index (χ4v) is 5.53. The highest BCUT2D eigenvalue weighted by Gasteiger charge is 2.25. The number of nitrogens with zero attached hydrogens (tertiary/aromatic N) is 5. The first-order valence-corrected chi connectivity index (χ1v) is 13.9. The van der Waals surface area contributed by atoms with Crippen LogP contribution >= 0.6 is 0 Å². The molecule has 38 heavy (non-hydrogen) atoms. The Kier molecular flexibility index (Phi) is 8.69. The Morgan fingerprint density at radius 1 is 0.842 bits per heavy atom. The van der Waals surface area contributed by atoms with Crippen molar-refractivity contribution in [3.63, 3.8) is 0 Å². The zero-order chi connectivity index (χ0) is 26.5. The number of rotatable bonds is 8. The zero-order valence-corrected chi connectivity index (χ0v) is 23.1. The lowest BCUT2D eigenvalue weighted by Crippen LogP contribution is -2.51. The first kappa shape index (κ1) is 26.8. The number of aromatic nitrogens is 2. The molecule has 0 bridgehead atoms. The van der Waals surface area contributed by atoms with Gasteiger partial charge in [-0.05, 0) is 31.9 Å². The Morgan fingerprint density at radius 3 is 2.24 bits per heavy atom. The molecule has 3 aromatic rings. The average Bonchev–Trinajstić information content (AvgIpc) is 2.93. The molecule has 2 aromatic carbocycles. The van der Waals surface area contributed by atoms with E-state index in [4.69, 9.17) is 14.7 Å². The second kappa shape index (κ2) is 12.3. The summed E-state index contributed by atoms with van der Waals surface area (Å²) >= 11 is 0. The monoisotopic (exact) mass is 515 g/mol. The maximum atomic E-state index is 10.7. The van der Waals surface area contributed by atoms with Crippen LogP contribution in [0.4, 0.5) is 5.82 Å². The maximum Gasteiger partial charge on any atom is 0.161 e. The van der Waals surface area contributed by atoms with Crippen LogP contribution in [0.3, 0.4) is 0 Å². The van der Waals surface area contributed by atoms with Gasteiger partial charge in [0.15, 0.2) is 5.82 Å². The number of aliphatic hydroxyl groups is 1. The molecule has 7 heteroatoms. The lowest BCUT2D eigenvalue weighted by atomic mass is 9.97. The highest BCUT2D eigenvalue weighted by molar-refractivity contribution is 5.61. The summed E-state index contributed by atoms with van der Waals surface area (Å²) in [5.74, 6) is 1.83. The van der Waals surface area contributed by atoms with E-state index in [0.717, 1.165) is 88.3 Å². The molecule has 1 N–H and O–H groups in total. The van der Waals surface area contributed by atoms with Crippen molar-refractivity contribution in [3.8, 4) is 11.4 Å². The fraction of sp³-hybridized carbons (Fsp3) is 0.484. The summed E-state index contributed by atoms with van der Waals surface area (Å²) in [7, 11) is 0. The van der Waals surface area contributed by atoms with Gasteiger partial charge < -0.3 is 14.7 Å². The molecule has 0 radical (unpaired) electrons. The summed E-state index contributed by atoms with van der Waals surface area (Å²) in [5.41, 5.74) is 7.19. The van der Waals surface area contributed by atoms with E-state index in [-0.39, 0.29) is 6.10 Å². The predicted octanol–water partition coefficient (Wildman–Crippen LogP) is 3.47. The van der Waals surface area contributed by atoms with E-state index in [2.05, 4.69) is 65.8 Å². The van der Waals surface area contributed by atoms with Crippen molar-refractivity contribution in [2.45, 2.75) is 33.3 Å². The number of piperazine rings is 1. The quantitative estimate of drug-likeness (QED) is 0.493. The highest BCUT2D eigenvalue weighted by Crippen LogP contribution is 2.29. The third-order valence-electron chi connectivity index (χ3n) is 7.81. The molecule has 5 rings (SSSR count). The van der Waals surface area contributed by atoms with Gasteiger partial charge in [-0.2, -0.15) is 0 Å². The average molecular weight is 516 g/mol. The van der Waals surface area contributed by atoms with Gasteiger partial charge in [-0.1, -0.05) is 54.1 Å². The van der Waals surface area contributed by atoms with Crippen molar-refractivity contribution < 1.29 is 9.84 Å². The Hall–Kier alpha value is -2.84. The number of aliphatic hydroxyl groups excluding tert-OH is 1. The van der Waals surface area contributed by atoms with Gasteiger partial charge in [0.1, 0.15) is 5.82 Å². The number of anilines is 1. The molecule has 202 valence electrons. The van der Waals surface area contributed by atoms with Crippen molar-refractivity contribution in [2.75, 3.05) is 70.5 Å². The van der Waals surface area contributed by atoms with Crippen LogP contribution in [-0.4, -0.2) is 96.6 Å². The van der Waals surface area contributed by atoms with Crippen molar-refractivity contribution in [3.05, 3.63) is 76.5 Å². The lowest BCUT2D eigenvalue weighted by molar-refractivity contribution is 0.00655. The van der Waals surface area contributed by atoms with E-state index in [1.54, 1.807) is 0 Å². The van der Waals surface area contributed by atoms with E-state index >= 15 is 0 Å². The Balaban J connectivity index is 1.34. The van der Waals surface area contributed by atoms with Gasteiger partial charge in [-0.25, -0.2) is 9.97 Å². The standard InChI is InChI=1S/C31H41N5O2/c1-23-9-10-24(2)27(19-23)20-29-25(3)32-30(26-7-5-4-6-8-26)33-31(29)36-13-11-34(12-14-36)21-28(37)22-35-15-17-38-18-16-35/h4-10,19,28,37H,11-18,20-22H2,1-3H3/t28-/m0/s1. The predicted molar refractivity (Wildman–Crippen MR) is 153 cm³/mol. The molecule has 2 saturated heterocycles. The number of aryl methyl sites for hydroxylation is 3. The van der Waals surface area contributed by atoms with Crippen LogP contribution in [0.25, 0.3) is 11.4 Å². The Labute approximate surface area is 227 Å². The molecule has 7 nitrogen and oxygen atoms in total. The van der Waals surface area contributed by atoms with E-state index < -0.39 is 0 Å². The van der Waals surface area contributed by atoms with Gasteiger partial charge in [-0.15, -0.1) is 0 Å². The van der Waals surface area contributed by atoms with Crippen LogP contribution in [0, 0.1) is 20.8 Å². The summed E-state index contributed by atoms with van der Waals surface area (Å²) in [6.07, 6.45) is 0.480. The van der Waals surface area contributed by atoms with Crippen LogP contribution in [0.5, 0.6) is 0 Å². The molecule has 0 unspecified atom stereocenters. The van der Waals surface area contributed by atoms with Gasteiger partial charge in [0.25, 0.3) is 0 Å². The second-order valence-electron chi connectivity index (χ2n) is 10.8. The molecule has 1 aromatic heterocycles. The van der Waals surface area contributed by atoms with Crippen LogP contribution in [0.1, 0.15) is 27.9 Å². The molecule has 1 atom stereocenters. The van der Waals surface area contributed by atoms with Gasteiger partial charge in [0.05, 0.1) is 19.3 Å². The third kappa shape index (κ3) is 6.59. The number of ether oxygens (including phenoxy) is 1. The minimum absolute atomic E-state index is 0.342. The number of benzene rings is 2. The van der Waals surface area contributed by atoms with Crippen LogP contribution in [0.2, 0.25) is 0 Å². The molecule has 2 fully saturated rings. The topological polar surface area (TPSA) is 65.0 Å². The van der Waals surface area contributed by atoms with Gasteiger partial charge in [0, 0.05) is 75.6 Å². The van der Waals surface area contributed by atoms with E-state index in [1.807, 2.05) is 18.2 Å². The number of hydrogen-bond donors (Lipinski definition) is 1.